The number of carbonyl (C=O) groups is 1. The van der Waals surface area contributed by atoms with Crippen LogP contribution in [0.15, 0.2) is 0 Å². The van der Waals surface area contributed by atoms with E-state index in [9.17, 15) is 9.90 Å². The monoisotopic (exact) mass is 273 g/mol. The number of Topliss-reactive ketones (excluding diaryl/α,β-unsaturated/α-hetero) is 1. The van der Waals surface area contributed by atoms with E-state index in [4.69, 9.17) is 48.7 Å². The van der Waals surface area contributed by atoms with Crippen LogP contribution in [0.3, 0.4) is 0 Å². The molecule has 1 aliphatic rings. The molecule has 10 radical (unpaired) electrons. The van der Waals surface area contributed by atoms with Crippen molar-refractivity contribution in [1.29, 1.82) is 0 Å². The highest BCUT2D eigenvalue weighted by Gasteiger charge is 2.38. The van der Waals surface area contributed by atoms with Gasteiger partial charge in [0.15, 0.2) is 38.5 Å². The van der Waals surface area contributed by atoms with E-state index in [1.807, 2.05) is 0 Å². The topological polar surface area (TPSA) is 67.8 Å². The van der Waals surface area contributed by atoms with Gasteiger partial charge in [0.25, 0.3) is 0 Å². The zero-order valence-electron chi connectivity index (χ0n) is 11.6. The third-order valence-electron chi connectivity index (χ3n) is 3.20. The van der Waals surface area contributed by atoms with Crippen molar-refractivity contribution in [2.75, 3.05) is 7.05 Å². The van der Waals surface area contributed by atoms with Crippen LogP contribution in [0.1, 0.15) is 17.3 Å². The summed E-state index contributed by atoms with van der Waals surface area (Å²) in [5.41, 5.74) is -4.50. The SMILES string of the molecule is [B]c1c([B])c(C(=O)[C@](C)(O)NC)c([B])c2c1OC([B])([B])O2. The minimum atomic E-state index is -1.97. The van der Waals surface area contributed by atoms with Crippen molar-refractivity contribution >= 4 is 61.4 Å². The van der Waals surface area contributed by atoms with Crippen LogP contribution in [0.25, 0.3) is 0 Å². The number of benzene rings is 1. The fourth-order valence-corrected chi connectivity index (χ4v) is 1.90. The molecule has 1 aliphatic heterocycles. The third-order valence-corrected chi connectivity index (χ3v) is 3.20. The largest absolute Gasteiger partial charge is 0.469 e. The van der Waals surface area contributed by atoms with E-state index in [-0.39, 0.29) is 33.5 Å². The van der Waals surface area contributed by atoms with Gasteiger partial charge in [-0.2, -0.15) is 0 Å². The van der Waals surface area contributed by atoms with Gasteiger partial charge in [0.1, 0.15) is 23.5 Å². The Morgan fingerprint density at radius 3 is 2.10 bits per heavy atom. The van der Waals surface area contributed by atoms with E-state index in [1.165, 1.54) is 14.0 Å². The van der Waals surface area contributed by atoms with E-state index in [0.29, 0.717) is 0 Å². The lowest BCUT2D eigenvalue weighted by Crippen LogP contribution is -2.52. The molecule has 0 bridgehead atoms. The maximum absolute atomic E-state index is 12.4. The normalized spacial score (nSPS) is 18.2. The highest BCUT2D eigenvalue weighted by atomic mass is 16.7. The number of nitrogens with one attached hydrogen (secondary N) is 1. The average molecular weight is 272 g/mol. The summed E-state index contributed by atoms with van der Waals surface area (Å²) in [7, 11) is 29.9. The minimum Gasteiger partial charge on any atom is -0.469 e. The van der Waals surface area contributed by atoms with Crippen molar-refractivity contribution in [3.63, 3.8) is 0 Å². The molecule has 1 aromatic rings. The number of ketones is 1. The van der Waals surface area contributed by atoms with Gasteiger partial charge in [0, 0.05) is 5.56 Å². The maximum Gasteiger partial charge on any atom is 0.207 e. The summed E-state index contributed by atoms with van der Waals surface area (Å²) in [6.45, 7) is 1.24. The van der Waals surface area contributed by atoms with E-state index < -0.39 is 17.1 Å². The summed E-state index contributed by atoms with van der Waals surface area (Å²) in [4.78, 5) is 12.4. The summed E-state index contributed by atoms with van der Waals surface area (Å²) < 4.78 is 10.2. The Labute approximate surface area is 129 Å². The number of hydrogen-bond donors (Lipinski definition) is 2. The molecule has 10 heteroatoms. The van der Waals surface area contributed by atoms with Gasteiger partial charge in [0.05, 0.1) is 0 Å². The van der Waals surface area contributed by atoms with E-state index >= 15 is 0 Å². The van der Waals surface area contributed by atoms with Crippen LogP contribution in [0.5, 0.6) is 11.5 Å². The first-order valence-corrected chi connectivity index (χ1v) is 5.94. The average Bonchev–Trinajstić information content (AvgIpc) is 2.72. The Bertz CT molecular complexity index is 632. The maximum atomic E-state index is 12.4. The molecule has 2 rings (SSSR count). The Morgan fingerprint density at radius 1 is 1.14 bits per heavy atom. The number of fused-ring (bicyclic) bond motifs is 1. The second-order valence-electron chi connectivity index (χ2n) is 4.85. The van der Waals surface area contributed by atoms with E-state index in [1.54, 1.807) is 0 Å². The van der Waals surface area contributed by atoms with Crippen molar-refractivity contribution < 1.29 is 19.4 Å². The predicted molar refractivity (Wildman–Crippen MR) is 82.1 cm³/mol. The van der Waals surface area contributed by atoms with Crippen LogP contribution in [0.2, 0.25) is 0 Å². The standard InChI is InChI=1S/C11H8B5NO4/c1-10(19,17-2)9(18)3-4(12)6(14)8-7(5(3)13)20-11(15,16)21-8/h17,19H,1-2H3/t10-/m0/s1. The molecule has 0 aliphatic carbocycles. The Balaban J connectivity index is 2.67. The second-order valence-corrected chi connectivity index (χ2v) is 4.85. The molecule has 0 saturated carbocycles. The quantitative estimate of drug-likeness (QED) is 0.333. The fourth-order valence-electron chi connectivity index (χ4n) is 1.90. The van der Waals surface area contributed by atoms with Crippen LogP contribution in [0, 0.1) is 0 Å². The number of ether oxygens (including phenoxy) is 2. The molecular weight excluding hydrogens is 264 g/mol. The molecule has 1 atom stereocenters. The molecule has 0 aromatic heterocycles. The number of aliphatic hydroxyl groups is 1. The molecule has 5 nitrogen and oxygen atoms in total. The highest BCUT2D eigenvalue weighted by molar-refractivity contribution is 6.56. The van der Waals surface area contributed by atoms with Gasteiger partial charge in [0.2, 0.25) is 5.78 Å². The van der Waals surface area contributed by atoms with Crippen molar-refractivity contribution in [2.24, 2.45) is 0 Å². The van der Waals surface area contributed by atoms with Crippen molar-refractivity contribution in [3.8, 4) is 11.5 Å². The van der Waals surface area contributed by atoms with Gasteiger partial charge in [-0.15, -0.1) is 0 Å². The number of rotatable bonds is 3. The Hall–Kier alpha value is -1.27. The summed E-state index contributed by atoms with van der Waals surface area (Å²) in [6.07, 6.45) is 0. The molecule has 0 amide bonds. The molecule has 0 fully saturated rings. The Morgan fingerprint density at radius 2 is 1.62 bits per heavy atom. The van der Waals surface area contributed by atoms with Crippen LogP contribution in [-0.2, 0) is 0 Å². The van der Waals surface area contributed by atoms with Gasteiger partial charge < -0.3 is 14.6 Å². The molecule has 0 spiro atoms. The van der Waals surface area contributed by atoms with Crippen LogP contribution in [-0.4, -0.2) is 68.5 Å². The van der Waals surface area contributed by atoms with Gasteiger partial charge in [-0.1, -0.05) is 10.9 Å². The van der Waals surface area contributed by atoms with Crippen LogP contribution < -0.4 is 31.2 Å². The zero-order valence-corrected chi connectivity index (χ0v) is 11.6. The molecule has 96 valence electrons. The first-order valence-electron chi connectivity index (χ1n) is 5.94. The van der Waals surface area contributed by atoms with Gasteiger partial charge >= 0.3 is 0 Å². The van der Waals surface area contributed by atoms with Crippen molar-refractivity contribution in [3.05, 3.63) is 5.56 Å². The molecule has 2 N–H and O–H groups in total. The summed E-state index contributed by atoms with van der Waals surface area (Å²) in [5.74, 6) is -0.928. The molecule has 0 unspecified atom stereocenters. The lowest BCUT2D eigenvalue weighted by atomic mass is 9.70. The molecule has 1 heterocycles. The van der Waals surface area contributed by atoms with Crippen molar-refractivity contribution in [1.82, 2.24) is 5.32 Å². The zero-order chi connectivity index (χ0) is 16.2. The van der Waals surface area contributed by atoms with E-state index in [2.05, 4.69) is 5.32 Å². The van der Waals surface area contributed by atoms with Crippen LogP contribution in [0.4, 0.5) is 0 Å². The number of carbonyl (C=O) groups excluding carboxylic acids is 1. The second kappa shape index (κ2) is 4.88. The minimum absolute atomic E-state index is 0.0457. The number of hydrogen-bond acceptors (Lipinski definition) is 5. The highest BCUT2D eigenvalue weighted by Crippen LogP contribution is 2.33. The molecular formula is C11H8B5NO4. The molecule has 0 saturated heterocycles. The number of likely N-dealkylation sites (N-methyl/N-ethyl adjacent to an activating group) is 1. The third kappa shape index (κ3) is 2.51. The Kier molecular flexibility index (Phi) is 3.75. The first kappa shape index (κ1) is 16.1. The molecule has 1 aromatic carbocycles. The predicted octanol–water partition coefficient (Wildman–Crippen LogP) is -4.10. The summed E-state index contributed by atoms with van der Waals surface area (Å²) >= 11 is 0. The smallest absolute Gasteiger partial charge is 0.207 e. The summed E-state index contributed by atoms with van der Waals surface area (Å²) in [5, 5.41) is 12.4. The van der Waals surface area contributed by atoms with E-state index in [0.717, 1.165) is 0 Å². The fraction of sp³-hybridized carbons (Fsp3) is 0.364. The van der Waals surface area contributed by atoms with Crippen LogP contribution >= 0.6 is 0 Å². The lowest BCUT2D eigenvalue weighted by molar-refractivity contribution is 0.0278. The van der Waals surface area contributed by atoms with Gasteiger partial charge in [-0.05, 0) is 19.4 Å². The lowest BCUT2D eigenvalue weighted by Gasteiger charge is -2.25. The van der Waals surface area contributed by atoms with Crippen molar-refractivity contribution in [2.45, 2.75) is 18.2 Å². The summed E-state index contributed by atoms with van der Waals surface area (Å²) in [6, 6.07) is 0. The first-order chi connectivity index (χ1) is 9.52. The molecule has 21 heavy (non-hydrogen) atoms. The van der Waals surface area contributed by atoms with Gasteiger partial charge in [-0.25, -0.2) is 0 Å². The van der Waals surface area contributed by atoms with Gasteiger partial charge in [-0.3, -0.25) is 10.1 Å².